The van der Waals surface area contributed by atoms with Crippen molar-refractivity contribution in [2.45, 2.75) is 19.4 Å². The average Bonchev–Trinajstić information content (AvgIpc) is 3.01. The van der Waals surface area contributed by atoms with E-state index in [4.69, 9.17) is 9.47 Å². The summed E-state index contributed by atoms with van der Waals surface area (Å²) in [5.41, 5.74) is 2.25. The Morgan fingerprint density at radius 3 is 2.78 bits per heavy atom. The summed E-state index contributed by atoms with van der Waals surface area (Å²) < 4.78 is 11.0. The van der Waals surface area contributed by atoms with Crippen LogP contribution in [0.1, 0.15) is 20.8 Å². The number of amides is 1. The molecular weight excluding hydrogens is 310 g/mol. The third kappa shape index (κ3) is 3.74. The van der Waals surface area contributed by atoms with Crippen LogP contribution < -0.4 is 4.74 Å². The lowest BCUT2D eigenvalue weighted by Gasteiger charge is -2.33. The SMILES string of the molecule is COc1ccc(CC2CN(C(=O)c3sccc3C)CCO2)cc1. The monoisotopic (exact) mass is 331 g/mol. The number of hydrogen-bond acceptors (Lipinski definition) is 4. The first-order valence-electron chi connectivity index (χ1n) is 7.75. The molecule has 0 N–H and O–H groups in total. The van der Waals surface area contributed by atoms with Gasteiger partial charge in [-0.15, -0.1) is 11.3 Å². The number of carbonyl (C=O) groups excluding carboxylic acids is 1. The summed E-state index contributed by atoms with van der Waals surface area (Å²) in [6, 6.07) is 10.00. The van der Waals surface area contributed by atoms with Crippen LogP contribution in [0.25, 0.3) is 0 Å². The quantitative estimate of drug-likeness (QED) is 0.864. The molecule has 1 aliphatic heterocycles. The standard InChI is InChI=1S/C18H21NO3S/c1-13-7-10-23-17(13)18(20)19-8-9-22-16(12-19)11-14-3-5-15(21-2)6-4-14/h3-7,10,16H,8-9,11-12H2,1-2H3. The smallest absolute Gasteiger partial charge is 0.264 e. The Labute approximate surface area is 140 Å². The van der Waals surface area contributed by atoms with E-state index in [1.807, 2.05) is 47.5 Å². The second-order valence-corrected chi connectivity index (χ2v) is 6.65. The predicted octanol–water partition coefficient (Wildman–Crippen LogP) is 3.15. The molecule has 1 saturated heterocycles. The van der Waals surface area contributed by atoms with Gasteiger partial charge >= 0.3 is 0 Å². The first-order valence-corrected chi connectivity index (χ1v) is 8.63. The average molecular weight is 331 g/mol. The Morgan fingerprint density at radius 1 is 1.35 bits per heavy atom. The number of thiophene rings is 1. The number of carbonyl (C=O) groups is 1. The first kappa shape index (κ1) is 16.0. The third-order valence-corrected chi connectivity index (χ3v) is 5.11. The number of rotatable bonds is 4. The van der Waals surface area contributed by atoms with Gasteiger partial charge in [-0.1, -0.05) is 12.1 Å². The fraction of sp³-hybridized carbons (Fsp3) is 0.389. The second kappa shape index (κ2) is 7.15. The zero-order valence-corrected chi connectivity index (χ0v) is 14.3. The molecular formula is C18H21NO3S. The minimum Gasteiger partial charge on any atom is -0.497 e. The Kier molecular flexibility index (Phi) is 4.98. The van der Waals surface area contributed by atoms with Crippen molar-refractivity contribution < 1.29 is 14.3 Å². The van der Waals surface area contributed by atoms with Crippen LogP contribution in [-0.4, -0.2) is 43.7 Å². The summed E-state index contributed by atoms with van der Waals surface area (Å²) in [6.45, 7) is 3.88. The molecule has 1 fully saturated rings. The summed E-state index contributed by atoms with van der Waals surface area (Å²) in [5.74, 6) is 0.976. The Bertz CT molecular complexity index is 665. The molecule has 1 aliphatic rings. The largest absolute Gasteiger partial charge is 0.497 e. The number of benzene rings is 1. The maximum Gasteiger partial charge on any atom is 0.264 e. The van der Waals surface area contributed by atoms with Gasteiger partial charge in [-0.05, 0) is 41.6 Å². The highest BCUT2D eigenvalue weighted by atomic mass is 32.1. The minimum absolute atomic E-state index is 0.0429. The van der Waals surface area contributed by atoms with Crippen molar-refractivity contribution in [3.8, 4) is 5.75 Å². The number of aryl methyl sites for hydroxylation is 1. The normalized spacial score (nSPS) is 18.0. The summed E-state index contributed by atoms with van der Waals surface area (Å²) in [7, 11) is 1.66. The summed E-state index contributed by atoms with van der Waals surface area (Å²) in [5, 5.41) is 1.97. The van der Waals surface area contributed by atoms with Crippen molar-refractivity contribution in [1.82, 2.24) is 4.90 Å². The molecule has 5 heteroatoms. The van der Waals surface area contributed by atoms with Crippen LogP contribution in [-0.2, 0) is 11.2 Å². The van der Waals surface area contributed by atoms with Crippen molar-refractivity contribution in [2.24, 2.45) is 0 Å². The van der Waals surface area contributed by atoms with Crippen molar-refractivity contribution in [3.63, 3.8) is 0 Å². The number of nitrogens with zero attached hydrogens (tertiary/aromatic N) is 1. The third-order valence-electron chi connectivity index (χ3n) is 4.10. The number of morpholine rings is 1. The Hall–Kier alpha value is -1.85. The molecule has 4 nitrogen and oxygen atoms in total. The van der Waals surface area contributed by atoms with Crippen LogP contribution in [0.5, 0.6) is 5.75 Å². The molecule has 2 aromatic rings. The highest BCUT2D eigenvalue weighted by Gasteiger charge is 2.26. The molecule has 0 bridgehead atoms. The van der Waals surface area contributed by atoms with Gasteiger partial charge in [-0.2, -0.15) is 0 Å². The van der Waals surface area contributed by atoms with Crippen LogP contribution in [0.3, 0.4) is 0 Å². The molecule has 1 aromatic carbocycles. The van der Waals surface area contributed by atoms with Crippen molar-refractivity contribution in [1.29, 1.82) is 0 Å². The van der Waals surface area contributed by atoms with Crippen LogP contribution >= 0.6 is 11.3 Å². The molecule has 122 valence electrons. The second-order valence-electron chi connectivity index (χ2n) is 5.73. The molecule has 23 heavy (non-hydrogen) atoms. The lowest BCUT2D eigenvalue weighted by Crippen LogP contribution is -2.46. The molecule has 1 amide bonds. The van der Waals surface area contributed by atoms with Gasteiger partial charge in [0.1, 0.15) is 5.75 Å². The summed E-state index contributed by atoms with van der Waals surface area (Å²) in [4.78, 5) is 15.4. The van der Waals surface area contributed by atoms with E-state index in [1.54, 1.807) is 7.11 Å². The topological polar surface area (TPSA) is 38.8 Å². The van der Waals surface area contributed by atoms with Gasteiger partial charge in [0.05, 0.1) is 24.7 Å². The van der Waals surface area contributed by atoms with E-state index < -0.39 is 0 Å². The lowest BCUT2D eigenvalue weighted by molar-refractivity contribution is -0.0206. The van der Waals surface area contributed by atoms with Gasteiger partial charge in [0.15, 0.2) is 0 Å². The van der Waals surface area contributed by atoms with E-state index in [9.17, 15) is 4.79 Å². The van der Waals surface area contributed by atoms with E-state index in [0.717, 1.165) is 22.6 Å². The lowest BCUT2D eigenvalue weighted by atomic mass is 10.1. The summed E-state index contributed by atoms with van der Waals surface area (Å²) >= 11 is 1.51. The zero-order valence-electron chi connectivity index (χ0n) is 13.5. The summed E-state index contributed by atoms with van der Waals surface area (Å²) in [6.07, 6.45) is 0.846. The fourth-order valence-corrected chi connectivity index (χ4v) is 3.68. The van der Waals surface area contributed by atoms with Gasteiger partial charge < -0.3 is 14.4 Å². The van der Waals surface area contributed by atoms with Gasteiger partial charge in [0, 0.05) is 19.5 Å². The highest BCUT2D eigenvalue weighted by molar-refractivity contribution is 7.12. The van der Waals surface area contributed by atoms with E-state index in [-0.39, 0.29) is 12.0 Å². The molecule has 0 saturated carbocycles. The molecule has 3 rings (SSSR count). The maximum absolute atomic E-state index is 12.6. The van der Waals surface area contributed by atoms with Crippen molar-refractivity contribution >= 4 is 17.2 Å². The molecule has 0 aliphatic carbocycles. The predicted molar refractivity (Wildman–Crippen MR) is 91.4 cm³/mol. The number of methoxy groups -OCH3 is 1. The molecule has 1 unspecified atom stereocenters. The Balaban J connectivity index is 1.63. The van der Waals surface area contributed by atoms with Crippen molar-refractivity contribution in [3.05, 3.63) is 51.7 Å². The number of hydrogen-bond donors (Lipinski definition) is 0. The van der Waals surface area contributed by atoms with Gasteiger partial charge in [0.2, 0.25) is 0 Å². The fourth-order valence-electron chi connectivity index (χ4n) is 2.79. The molecule has 0 radical (unpaired) electrons. The maximum atomic E-state index is 12.6. The van der Waals surface area contributed by atoms with Crippen LogP contribution in [0, 0.1) is 6.92 Å². The van der Waals surface area contributed by atoms with Crippen LogP contribution in [0.4, 0.5) is 0 Å². The van der Waals surface area contributed by atoms with E-state index in [2.05, 4.69) is 0 Å². The molecule has 1 atom stereocenters. The number of ether oxygens (including phenoxy) is 2. The van der Waals surface area contributed by atoms with E-state index in [1.165, 1.54) is 16.9 Å². The van der Waals surface area contributed by atoms with Crippen molar-refractivity contribution in [2.75, 3.05) is 26.8 Å². The van der Waals surface area contributed by atoms with E-state index >= 15 is 0 Å². The van der Waals surface area contributed by atoms with Gasteiger partial charge in [-0.3, -0.25) is 4.79 Å². The minimum atomic E-state index is 0.0429. The first-order chi connectivity index (χ1) is 11.2. The van der Waals surface area contributed by atoms with E-state index in [0.29, 0.717) is 19.7 Å². The van der Waals surface area contributed by atoms with Gasteiger partial charge in [0.25, 0.3) is 5.91 Å². The highest BCUT2D eigenvalue weighted by Crippen LogP contribution is 2.21. The van der Waals surface area contributed by atoms with Gasteiger partial charge in [-0.25, -0.2) is 0 Å². The molecule has 0 spiro atoms. The molecule has 1 aromatic heterocycles. The zero-order chi connectivity index (χ0) is 16.2. The van der Waals surface area contributed by atoms with Crippen LogP contribution in [0.15, 0.2) is 35.7 Å². The Morgan fingerprint density at radius 2 is 2.13 bits per heavy atom. The van der Waals surface area contributed by atoms with Crippen LogP contribution in [0.2, 0.25) is 0 Å². The molecule has 2 heterocycles.